The highest BCUT2D eigenvalue weighted by Crippen LogP contribution is 2.32. The standard InChI is InChI=1S/C10H9ClFN3/c11-9-3-1-2-6(7(9)4-12)8-5-14-15-10(8)13/h1-3,5H,4H2,(H3,13,14,15). The fourth-order valence-corrected chi connectivity index (χ4v) is 1.68. The molecule has 0 radical (unpaired) electrons. The Kier molecular flexibility index (Phi) is 2.60. The van der Waals surface area contributed by atoms with Gasteiger partial charge in [-0.05, 0) is 11.6 Å². The summed E-state index contributed by atoms with van der Waals surface area (Å²) in [6.07, 6.45) is 1.56. The number of nitrogen functional groups attached to an aromatic ring is 1. The van der Waals surface area contributed by atoms with E-state index < -0.39 is 6.67 Å². The number of halogens is 2. The number of rotatable bonds is 2. The molecular weight excluding hydrogens is 217 g/mol. The third-order valence-electron chi connectivity index (χ3n) is 2.21. The zero-order chi connectivity index (χ0) is 10.8. The van der Waals surface area contributed by atoms with E-state index in [-0.39, 0.29) is 0 Å². The minimum absolute atomic E-state index is 0.399. The van der Waals surface area contributed by atoms with Crippen molar-refractivity contribution in [3.8, 4) is 11.1 Å². The lowest BCUT2D eigenvalue weighted by atomic mass is 10.0. The van der Waals surface area contributed by atoms with E-state index in [2.05, 4.69) is 10.2 Å². The van der Waals surface area contributed by atoms with Gasteiger partial charge in [-0.25, -0.2) is 4.39 Å². The third-order valence-corrected chi connectivity index (χ3v) is 2.57. The molecule has 0 saturated heterocycles. The van der Waals surface area contributed by atoms with Crippen molar-refractivity contribution in [2.45, 2.75) is 6.67 Å². The molecule has 5 heteroatoms. The molecule has 78 valence electrons. The van der Waals surface area contributed by atoms with Crippen LogP contribution in [0.4, 0.5) is 10.2 Å². The first-order valence-electron chi connectivity index (χ1n) is 4.36. The molecule has 0 saturated carbocycles. The summed E-state index contributed by atoms with van der Waals surface area (Å²) in [6.45, 7) is -0.625. The fraction of sp³-hybridized carbons (Fsp3) is 0.100. The largest absolute Gasteiger partial charge is 0.384 e. The summed E-state index contributed by atoms with van der Waals surface area (Å²) in [7, 11) is 0. The van der Waals surface area contributed by atoms with E-state index in [0.717, 1.165) is 0 Å². The van der Waals surface area contributed by atoms with Crippen LogP contribution >= 0.6 is 11.6 Å². The van der Waals surface area contributed by atoms with Crippen LogP contribution in [0, 0.1) is 0 Å². The Labute approximate surface area is 91.1 Å². The van der Waals surface area contributed by atoms with E-state index in [4.69, 9.17) is 17.3 Å². The zero-order valence-corrected chi connectivity index (χ0v) is 8.55. The number of nitrogens with two attached hydrogens (primary N) is 1. The molecular formula is C10H9ClFN3. The number of aromatic amines is 1. The molecule has 0 spiro atoms. The number of nitrogens with zero attached hydrogens (tertiary/aromatic N) is 1. The van der Waals surface area contributed by atoms with Crippen molar-refractivity contribution >= 4 is 17.4 Å². The number of hydrogen-bond acceptors (Lipinski definition) is 2. The molecule has 0 aliphatic heterocycles. The van der Waals surface area contributed by atoms with Gasteiger partial charge in [0.25, 0.3) is 0 Å². The van der Waals surface area contributed by atoms with Crippen LogP contribution in [0.25, 0.3) is 11.1 Å². The third kappa shape index (κ3) is 1.68. The van der Waals surface area contributed by atoms with Crippen LogP contribution in [0.5, 0.6) is 0 Å². The van der Waals surface area contributed by atoms with Gasteiger partial charge in [0, 0.05) is 16.1 Å². The lowest BCUT2D eigenvalue weighted by Gasteiger charge is -2.06. The van der Waals surface area contributed by atoms with Crippen LogP contribution in [0.2, 0.25) is 5.02 Å². The fourth-order valence-electron chi connectivity index (χ4n) is 1.46. The van der Waals surface area contributed by atoms with Gasteiger partial charge in [-0.1, -0.05) is 23.7 Å². The van der Waals surface area contributed by atoms with Crippen molar-refractivity contribution in [3.63, 3.8) is 0 Å². The average Bonchev–Trinajstić information content (AvgIpc) is 2.64. The number of aromatic nitrogens is 2. The van der Waals surface area contributed by atoms with Gasteiger partial charge in [-0.15, -0.1) is 0 Å². The van der Waals surface area contributed by atoms with Gasteiger partial charge in [-0.2, -0.15) is 5.10 Å². The Morgan fingerprint density at radius 2 is 2.20 bits per heavy atom. The van der Waals surface area contributed by atoms with Gasteiger partial charge < -0.3 is 5.73 Å². The van der Waals surface area contributed by atoms with Crippen LogP contribution in [0.3, 0.4) is 0 Å². The van der Waals surface area contributed by atoms with Gasteiger partial charge in [0.1, 0.15) is 12.5 Å². The average molecular weight is 226 g/mol. The van der Waals surface area contributed by atoms with Crippen molar-refractivity contribution < 1.29 is 4.39 Å². The van der Waals surface area contributed by atoms with Crippen molar-refractivity contribution in [3.05, 3.63) is 35.0 Å². The number of alkyl halides is 1. The lowest BCUT2D eigenvalue weighted by molar-refractivity contribution is 0.486. The molecule has 2 rings (SSSR count). The molecule has 0 bridgehead atoms. The number of nitrogens with one attached hydrogen (secondary N) is 1. The topological polar surface area (TPSA) is 54.7 Å². The first-order valence-corrected chi connectivity index (χ1v) is 4.74. The molecule has 1 aromatic carbocycles. The van der Waals surface area contributed by atoms with Crippen molar-refractivity contribution in [2.24, 2.45) is 0 Å². The monoisotopic (exact) mass is 225 g/mol. The number of H-pyrrole nitrogens is 1. The van der Waals surface area contributed by atoms with Gasteiger partial charge >= 0.3 is 0 Å². The van der Waals surface area contributed by atoms with Crippen LogP contribution in [-0.4, -0.2) is 10.2 Å². The summed E-state index contributed by atoms with van der Waals surface area (Å²) in [5, 5.41) is 6.79. The normalized spacial score (nSPS) is 10.5. The van der Waals surface area contributed by atoms with Crippen molar-refractivity contribution in [1.29, 1.82) is 0 Å². The highest BCUT2D eigenvalue weighted by molar-refractivity contribution is 6.31. The SMILES string of the molecule is Nc1[nH]ncc1-c1cccc(Cl)c1CF. The summed E-state index contributed by atoms with van der Waals surface area (Å²) in [5.74, 6) is 0.409. The van der Waals surface area contributed by atoms with Crippen LogP contribution in [-0.2, 0) is 6.67 Å². The highest BCUT2D eigenvalue weighted by atomic mass is 35.5. The molecule has 0 atom stereocenters. The Balaban J connectivity index is 2.63. The summed E-state index contributed by atoms with van der Waals surface area (Å²) in [5.41, 5.74) is 7.45. The van der Waals surface area contributed by atoms with Crippen LogP contribution in [0.15, 0.2) is 24.4 Å². The molecule has 0 aliphatic rings. The van der Waals surface area contributed by atoms with Crippen molar-refractivity contribution in [1.82, 2.24) is 10.2 Å². The molecule has 2 aromatic rings. The maximum Gasteiger partial charge on any atom is 0.126 e. The quantitative estimate of drug-likeness (QED) is 0.826. The lowest BCUT2D eigenvalue weighted by Crippen LogP contribution is -1.92. The van der Waals surface area contributed by atoms with Gasteiger partial charge in [0.2, 0.25) is 0 Å². The zero-order valence-electron chi connectivity index (χ0n) is 7.80. The van der Waals surface area contributed by atoms with Crippen molar-refractivity contribution in [2.75, 3.05) is 5.73 Å². The molecule has 1 aromatic heterocycles. The van der Waals surface area contributed by atoms with E-state index in [1.807, 2.05) is 0 Å². The minimum Gasteiger partial charge on any atom is -0.384 e. The van der Waals surface area contributed by atoms with Gasteiger partial charge in [0.05, 0.1) is 6.20 Å². The van der Waals surface area contributed by atoms with E-state index in [1.54, 1.807) is 24.4 Å². The van der Waals surface area contributed by atoms with E-state index >= 15 is 0 Å². The summed E-state index contributed by atoms with van der Waals surface area (Å²) < 4.78 is 12.8. The van der Waals surface area contributed by atoms with Gasteiger partial charge in [0.15, 0.2) is 0 Å². The van der Waals surface area contributed by atoms with E-state index in [0.29, 0.717) is 27.5 Å². The molecule has 0 aliphatic carbocycles. The second-order valence-electron chi connectivity index (χ2n) is 3.10. The molecule has 3 N–H and O–H groups in total. The molecule has 1 heterocycles. The van der Waals surface area contributed by atoms with Crippen LogP contribution in [0.1, 0.15) is 5.56 Å². The predicted octanol–water partition coefficient (Wildman–Crippen LogP) is 2.78. The van der Waals surface area contributed by atoms with Crippen LogP contribution < -0.4 is 5.73 Å². The molecule has 0 unspecified atom stereocenters. The maximum atomic E-state index is 12.8. The predicted molar refractivity (Wildman–Crippen MR) is 58.3 cm³/mol. The number of hydrogen-bond donors (Lipinski definition) is 2. The highest BCUT2D eigenvalue weighted by Gasteiger charge is 2.12. The summed E-state index contributed by atoms with van der Waals surface area (Å²) >= 11 is 5.89. The number of anilines is 1. The molecule has 0 fully saturated rings. The Bertz CT molecular complexity index is 481. The molecule has 3 nitrogen and oxygen atoms in total. The second-order valence-corrected chi connectivity index (χ2v) is 3.50. The Morgan fingerprint density at radius 3 is 2.80 bits per heavy atom. The molecule has 0 amide bonds. The Hall–Kier alpha value is -1.55. The van der Waals surface area contributed by atoms with E-state index in [1.165, 1.54) is 0 Å². The first-order chi connectivity index (χ1) is 7.24. The second kappa shape index (κ2) is 3.90. The van der Waals surface area contributed by atoms with Gasteiger partial charge in [-0.3, -0.25) is 5.10 Å². The minimum atomic E-state index is -0.625. The molecule has 15 heavy (non-hydrogen) atoms. The summed E-state index contributed by atoms with van der Waals surface area (Å²) in [6, 6.07) is 5.17. The Morgan fingerprint density at radius 1 is 1.40 bits per heavy atom. The number of benzene rings is 1. The first kappa shape index (κ1) is 9.98. The maximum absolute atomic E-state index is 12.8. The van der Waals surface area contributed by atoms with E-state index in [9.17, 15) is 4.39 Å². The summed E-state index contributed by atoms with van der Waals surface area (Å²) in [4.78, 5) is 0. The smallest absolute Gasteiger partial charge is 0.126 e.